The maximum absolute atomic E-state index is 10.7. The molecule has 2 rings (SSSR count). The van der Waals surface area contributed by atoms with E-state index in [1.54, 1.807) is 6.07 Å². The van der Waals surface area contributed by atoms with Crippen molar-refractivity contribution in [3.8, 4) is 0 Å². The first-order valence-electron chi connectivity index (χ1n) is 3.28. The third-order valence-electron chi connectivity index (χ3n) is 1.71. The first kappa shape index (κ1) is 8.30. The molecule has 11 heavy (non-hydrogen) atoms. The molecule has 1 aromatic heterocycles. The molecule has 2 heterocycles. The van der Waals surface area contributed by atoms with E-state index >= 15 is 0 Å². The highest BCUT2D eigenvalue weighted by atomic mass is 35.5. The molecule has 1 aliphatic heterocycles. The van der Waals surface area contributed by atoms with Crippen molar-refractivity contribution < 1.29 is 0 Å². The van der Waals surface area contributed by atoms with E-state index < -0.39 is 0 Å². The monoisotopic (exact) mass is 172 g/mol. The number of aromatic nitrogens is 1. The van der Waals surface area contributed by atoms with Crippen LogP contribution in [0.4, 0.5) is 0 Å². The van der Waals surface area contributed by atoms with Crippen LogP contribution in [0.5, 0.6) is 0 Å². The van der Waals surface area contributed by atoms with Gasteiger partial charge in [0.05, 0.1) is 0 Å². The molecule has 4 heteroatoms. The largest absolute Gasteiger partial charge is 0.325 e. The van der Waals surface area contributed by atoms with E-state index in [0.29, 0.717) is 0 Å². The molecular weight excluding hydrogens is 164 g/mol. The molecule has 2 N–H and O–H groups in total. The summed E-state index contributed by atoms with van der Waals surface area (Å²) < 4.78 is 0. The lowest BCUT2D eigenvalue weighted by Crippen LogP contribution is -2.06. The minimum atomic E-state index is -0.0116. The summed E-state index contributed by atoms with van der Waals surface area (Å²) in [5.74, 6) is 0. The molecule has 0 unspecified atom stereocenters. The van der Waals surface area contributed by atoms with Crippen LogP contribution >= 0.6 is 12.4 Å². The Balaban J connectivity index is 0.000000605. The molecular formula is C7H9ClN2O. The van der Waals surface area contributed by atoms with Crippen LogP contribution in [0.2, 0.25) is 0 Å². The van der Waals surface area contributed by atoms with Gasteiger partial charge in [-0.25, -0.2) is 0 Å². The summed E-state index contributed by atoms with van der Waals surface area (Å²) in [6.45, 7) is 1.68. The number of pyridine rings is 1. The quantitative estimate of drug-likeness (QED) is 0.595. The van der Waals surface area contributed by atoms with Crippen LogP contribution in [0, 0.1) is 0 Å². The van der Waals surface area contributed by atoms with Crippen molar-refractivity contribution in [1.82, 2.24) is 10.3 Å². The topological polar surface area (TPSA) is 44.9 Å². The van der Waals surface area contributed by atoms with Crippen molar-refractivity contribution in [1.29, 1.82) is 0 Å². The van der Waals surface area contributed by atoms with Gasteiger partial charge < -0.3 is 10.3 Å². The Kier molecular flexibility index (Phi) is 2.31. The Morgan fingerprint density at radius 3 is 2.91 bits per heavy atom. The lowest BCUT2D eigenvalue weighted by molar-refractivity contribution is 0.757. The number of hydrogen-bond donors (Lipinski definition) is 2. The van der Waals surface area contributed by atoms with E-state index in [2.05, 4.69) is 10.3 Å². The highest BCUT2D eigenvalue weighted by molar-refractivity contribution is 5.85. The molecule has 0 atom stereocenters. The molecule has 0 amide bonds. The Morgan fingerprint density at radius 1 is 1.27 bits per heavy atom. The van der Waals surface area contributed by atoms with Crippen molar-refractivity contribution in [3.63, 3.8) is 0 Å². The molecule has 1 aromatic rings. The first-order valence-corrected chi connectivity index (χ1v) is 3.28. The van der Waals surface area contributed by atoms with Crippen molar-refractivity contribution in [3.05, 3.63) is 33.7 Å². The highest BCUT2D eigenvalue weighted by Gasteiger charge is 2.08. The third-order valence-corrected chi connectivity index (χ3v) is 1.71. The van der Waals surface area contributed by atoms with Crippen LogP contribution in [-0.4, -0.2) is 4.98 Å². The van der Waals surface area contributed by atoms with Gasteiger partial charge in [0.2, 0.25) is 5.56 Å². The molecule has 0 fully saturated rings. The average molecular weight is 173 g/mol. The lowest BCUT2D eigenvalue weighted by atomic mass is 10.2. The number of hydrogen-bond acceptors (Lipinski definition) is 2. The number of rotatable bonds is 0. The summed E-state index contributed by atoms with van der Waals surface area (Å²) in [5.41, 5.74) is 2.23. The predicted molar refractivity (Wildman–Crippen MR) is 44.9 cm³/mol. The van der Waals surface area contributed by atoms with Crippen LogP contribution in [-0.2, 0) is 13.1 Å². The van der Waals surface area contributed by atoms with Gasteiger partial charge in [0.15, 0.2) is 0 Å². The molecule has 1 aliphatic rings. The summed E-state index contributed by atoms with van der Waals surface area (Å²) in [6, 6.07) is 3.43. The highest BCUT2D eigenvalue weighted by Crippen LogP contribution is 2.08. The Morgan fingerprint density at radius 2 is 2.09 bits per heavy atom. The van der Waals surface area contributed by atoms with Gasteiger partial charge in [0, 0.05) is 24.8 Å². The fourth-order valence-electron chi connectivity index (χ4n) is 1.19. The summed E-state index contributed by atoms with van der Waals surface area (Å²) in [5, 5.41) is 3.14. The Hall–Kier alpha value is -0.800. The molecule has 0 spiro atoms. The second-order valence-electron chi connectivity index (χ2n) is 2.43. The van der Waals surface area contributed by atoms with E-state index in [1.165, 1.54) is 5.56 Å². The first-order chi connectivity index (χ1) is 4.86. The molecule has 0 aliphatic carbocycles. The minimum absolute atomic E-state index is 0. The van der Waals surface area contributed by atoms with Gasteiger partial charge in [0.25, 0.3) is 0 Å². The smallest absolute Gasteiger partial charge is 0.248 e. The molecule has 0 saturated heterocycles. The number of halogens is 1. The number of nitrogens with one attached hydrogen (secondary N) is 2. The second-order valence-corrected chi connectivity index (χ2v) is 2.43. The normalized spacial score (nSPS) is 13.8. The Bertz CT molecular complexity index is 308. The van der Waals surface area contributed by atoms with Gasteiger partial charge in [-0.2, -0.15) is 0 Å². The third kappa shape index (κ3) is 1.44. The zero-order chi connectivity index (χ0) is 6.97. The predicted octanol–water partition coefficient (Wildman–Crippen LogP) is 0.400. The van der Waals surface area contributed by atoms with Crippen LogP contribution in [0.15, 0.2) is 16.9 Å². The van der Waals surface area contributed by atoms with Crippen LogP contribution in [0.1, 0.15) is 11.3 Å². The summed E-state index contributed by atoms with van der Waals surface area (Å²) >= 11 is 0. The zero-order valence-electron chi connectivity index (χ0n) is 5.89. The van der Waals surface area contributed by atoms with Crippen LogP contribution in [0.3, 0.4) is 0 Å². The van der Waals surface area contributed by atoms with Gasteiger partial charge in [-0.3, -0.25) is 4.79 Å². The maximum Gasteiger partial charge on any atom is 0.248 e. The van der Waals surface area contributed by atoms with E-state index in [1.807, 2.05) is 6.07 Å². The summed E-state index contributed by atoms with van der Waals surface area (Å²) in [7, 11) is 0. The van der Waals surface area contributed by atoms with Gasteiger partial charge in [-0.15, -0.1) is 12.4 Å². The average Bonchev–Trinajstić information content (AvgIpc) is 2.33. The minimum Gasteiger partial charge on any atom is -0.325 e. The van der Waals surface area contributed by atoms with Gasteiger partial charge in [0.1, 0.15) is 0 Å². The fourth-order valence-corrected chi connectivity index (χ4v) is 1.19. The standard InChI is InChI=1S/C7H8N2O.ClH/c10-7-2-1-5-3-8-4-6(5)9-7;/h1-2,8H,3-4H2,(H,9,10);1H. The SMILES string of the molecule is Cl.O=c1ccc2c([nH]1)CNC2. The Labute approximate surface area is 70.2 Å². The van der Waals surface area contributed by atoms with Crippen molar-refractivity contribution in [2.24, 2.45) is 0 Å². The van der Waals surface area contributed by atoms with Crippen LogP contribution < -0.4 is 10.9 Å². The van der Waals surface area contributed by atoms with Gasteiger partial charge in [-0.1, -0.05) is 6.07 Å². The molecule has 0 saturated carbocycles. The van der Waals surface area contributed by atoms with Crippen molar-refractivity contribution in [2.75, 3.05) is 0 Å². The zero-order valence-corrected chi connectivity index (χ0v) is 6.70. The number of H-pyrrole nitrogens is 1. The molecule has 3 nitrogen and oxygen atoms in total. The number of fused-ring (bicyclic) bond motifs is 1. The lowest BCUT2D eigenvalue weighted by Gasteiger charge is -1.92. The summed E-state index contributed by atoms with van der Waals surface area (Å²) in [6.07, 6.45) is 0. The number of aromatic amines is 1. The summed E-state index contributed by atoms with van der Waals surface area (Å²) in [4.78, 5) is 13.5. The molecule has 0 bridgehead atoms. The van der Waals surface area contributed by atoms with E-state index in [9.17, 15) is 4.79 Å². The van der Waals surface area contributed by atoms with Gasteiger partial charge in [-0.05, 0) is 5.56 Å². The molecule has 0 radical (unpaired) electrons. The van der Waals surface area contributed by atoms with Crippen molar-refractivity contribution in [2.45, 2.75) is 13.1 Å². The fraction of sp³-hybridized carbons (Fsp3) is 0.286. The van der Waals surface area contributed by atoms with E-state index in [0.717, 1.165) is 18.8 Å². The van der Waals surface area contributed by atoms with Gasteiger partial charge >= 0.3 is 0 Å². The maximum atomic E-state index is 10.7. The second kappa shape index (κ2) is 3.07. The molecule has 0 aromatic carbocycles. The van der Waals surface area contributed by atoms with E-state index in [4.69, 9.17) is 0 Å². The molecule has 60 valence electrons. The van der Waals surface area contributed by atoms with Crippen LogP contribution in [0.25, 0.3) is 0 Å². The van der Waals surface area contributed by atoms with E-state index in [-0.39, 0.29) is 18.0 Å². The van der Waals surface area contributed by atoms with Crippen molar-refractivity contribution >= 4 is 12.4 Å².